The van der Waals surface area contributed by atoms with Gasteiger partial charge in [-0.25, -0.2) is 20.2 Å². The maximum Gasteiger partial charge on any atom is 0.227 e. The van der Waals surface area contributed by atoms with Crippen LogP contribution in [-0.4, -0.2) is 54.1 Å². The first-order chi connectivity index (χ1) is 14.8. The number of hydrazine groups is 1. The fourth-order valence-electron chi connectivity index (χ4n) is 3.71. The molecule has 0 amide bonds. The molecule has 0 atom stereocenters. The molecule has 164 valence electrons. The Balaban J connectivity index is 1.61. The van der Waals surface area contributed by atoms with Crippen LogP contribution in [0.15, 0.2) is 36.5 Å². The van der Waals surface area contributed by atoms with Crippen LogP contribution in [0.1, 0.15) is 13.8 Å². The van der Waals surface area contributed by atoms with Gasteiger partial charge in [0.15, 0.2) is 0 Å². The molecule has 3 aromatic rings. The van der Waals surface area contributed by atoms with Crippen LogP contribution < -0.4 is 26.8 Å². The largest absolute Gasteiger partial charge is 0.397 e. The molecule has 0 radical (unpaired) electrons. The van der Waals surface area contributed by atoms with E-state index < -0.39 is 0 Å². The topological polar surface area (TPSA) is 99.6 Å². The second-order valence-corrected chi connectivity index (χ2v) is 8.22. The van der Waals surface area contributed by atoms with Crippen molar-refractivity contribution in [2.75, 3.05) is 54.2 Å². The lowest BCUT2D eigenvalue weighted by Crippen LogP contribution is -2.44. The zero-order chi connectivity index (χ0) is 22.1. The minimum Gasteiger partial charge on any atom is -0.397 e. The quantitative estimate of drug-likeness (QED) is 0.327. The van der Waals surface area contributed by atoms with E-state index in [1.807, 2.05) is 26.0 Å². The fraction of sp³-hybridized carbons (Fsp3) is 0.364. The number of halogens is 1. The molecule has 0 spiro atoms. The average Bonchev–Trinajstić information content (AvgIpc) is 2.74. The first kappa shape index (κ1) is 21.1. The second kappa shape index (κ2) is 8.52. The Kier molecular flexibility index (Phi) is 5.79. The maximum atomic E-state index is 14.8. The van der Waals surface area contributed by atoms with E-state index in [2.05, 4.69) is 32.1 Å². The molecule has 1 fully saturated rings. The number of hydrogen-bond acceptors (Lipinski definition) is 8. The number of anilines is 5. The third-order valence-corrected chi connectivity index (χ3v) is 5.62. The molecule has 9 heteroatoms. The lowest BCUT2D eigenvalue weighted by Gasteiger charge is -2.34. The maximum absolute atomic E-state index is 14.8. The fourth-order valence-corrected chi connectivity index (χ4v) is 3.71. The molecule has 1 aliphatic rings. The number of rotatable bonds is 5. The van der Waals surface area contributed by atoms with Gasteiger partial charge in [-0.1, -0.05) is 0 Å². The van der Waals surface area contributed by atoms with Gasteiger partial charge in [0.2, 0.25) is 5.95 Å². The molecular weight excluding hydrogens is 395 g/mol. The van der Waals surface area contributed by atoms with Crippen LogP contribution in [0, 0.1) is 5.82 Å². The van der Waals surface area contributed by atoms with Gasteiger partial charge in [0.05, 0.1) is 11.4 Å². The second-order valence-electron chi connectivity index (χ2n) is 8.22. The zero-order valence-electron chi connectivity index (χ0n) is 18.1. The van der Waals surface area contributed by atoms with Crippen LogP contribution in [0.3, 0.4) is 0 Å². The van der Waals surface area contributed by atoms with Crippen LogP contribution in [0.4, 0.5) is 33.1 Å². The SMILES string of the molecule is CC(C)N(N)c1c(N)ccc2cnc(Nc3ccc(N4CCN(C)CC4)c(F)c3)nc12. The van der Waals surface area contributed by atoms with Crippen molar-refractivity contribution >= 4 is 39.6 Å². The van der Waals surface area contributed by atoms with Crippen molar-refractivity contribution in [1.82, 2.24) is 14.9 Å². The van der Waals surface area contributed by atoms with Crippen molar-refractivity contribution < 1.29 is 4.39 Å². The summed E-state index contributed by atoms with van der Waals surface area (Å²) in [6, 6.07) is 8.81. The number of fused-ring (bicyclic) bond motifs is 1. The molecule has 4 rings (SSSR count). The summed E-state index contributed by atoms with van der Waals surface area (Å²) in [4.78, 5) is 13.3. The smallest absolute Gasteiger partial charge is 0.227 e. The zero-order valence-corrected chi connectivity index (χ0v) is 18.1. The number of hydrogen-bond donors (Lipinski definition) is 3. The van der Waals surface area contributed by atoms with Crippen molar-refractivity contribution in [3.05, 3.63) is 42.3 Å². The Morgan fingerprint density at radius 1 is 1.13 bits per heavy atom. The van der Waals surface area contributed by atoms with Crippen molar-refractivity contribution in [3.63, 3.8) is 0 Å². The molecule has 8 nitrogen and oxygen atoms in total. The summed E-state index contributed by atoms with van der Waals surface area (Å²) in [5, 5.41) is 5.52. The molecule has 1 aliphatic heterocycles. The number of nitrogen functional groups attached to an aromatic ring is 1. The highest BCUT2D eigenvalue weighted by atomic mass is 19.1. The van der Waals surface area contributed by atoms with E-state index in [4.69, 9.17) is 11.6 Å². The summed E-state index contributed by atoms with van der Waals surface area (Å²) in [6.07, 6.45) is 1.71. The summed E-state index contributed by atoms with van der Waals surface area (Å²) in [7, 11) is 2.08. The van der Waals surface area contributed by atoms with Crippen molar-refractivity contribution in [3.8, 4) is 0 Å². The van der Waals surface area contributed by atoms with E-state index in [0.29, 0.717) is 34.2 Å². The number of nitrogens with zero attached hydrogens (tertiary/aromatic N) is 5. The summed E-state index contributed by atoms with van der Waals surface area (Å²) >= 11 is 0. The summed E-state index contributed by atoms with van der Waals surface area (Å²) in [6.45, 7) is 7.41. The van der Waals surface area contributed by atoms with E-state index in [1.54, 1.807) is 23.3 Å². The van der Waals surface area contributed by atoms with Crippen LogP contribution in [0.5, 0.6) is 0 Å². The molecule has 0 aliphatic carbocycles. The molecule has 0 saturated carbocycles. The molecule has 2 heterocycles. The number of likely N-dealkylation sites (N-methyl/N-ethyl adjacent to an activating group) is 1. The van der Waals surface area contributed by atoms with Crippen LogP contribution >= 0.6 is 0 Å². The predicted octanol–water partition coefficient (Wildman–Crippen LogP) is 2.94. The van der Waals surface area contributed by atoms with Crippen molar-refractivity contribution in [2.45, 2.75) is 19.9 Å². The third-order valence-electron chi connectivity index (χ3n) is 5.62. The highest BCUT2D eigenvalue weighted by Crippen LogP contribution is 2.32. The van der Waals surface area contributed by atoms with Crippen molar-refractivity contribution in [2.24, 2.45) is 5.84 Å². The number of nitrogens with one attached hydrogen (secondary N) is 1. The molecule has 2 aromatic carbocycles. The number of nitrogens with two attached hydrogens (primary N) is 2. The van der Waals surface area contributed by atoms with Crippen LogP contribution in [-0.2, 0) is 0 Å². The number of benzene rings is 2. The minimum absolute atomic E-state index is 0.0375. The Morgan fingerprint density at radius 3 is 2.55 bits per heavy atom. The Hall–Kier alpha value is -3.17. The lowest BCUT2D eigenvalue weighted by molar-refractivity contribution is 0.311. The Bertz CT molecular complexity index is 1080. The van der Waals surface area contributed by atoms with E-state index in [1.165, 1.54) is 6.07 Å². The molecular formula is C22H29FN8. The van der Waals surface area contributed by atoms with Gasteiger partial charge < -0.3 is 25.9 Å². The van der Waals surface area contributed by atoms with Crippen LogP contribution in [0.25, 0.3) is 10.9 Å². The van der Waals surface area contributed by atoms with Gasteiger partial charge in [0.1, 0.15) is 17.0 Å². The number of piperazine rings is 1. The lowest BCUT2D eigenvalue weighted by atomic mass is 10.1. The minimum atomic E-state index is -0.270. The van der Waals surface area contributed by atoms with Crippen molar-refractivity contribution in [1.29, 1.82) is 0 Å². The first-order valence-electron chi connectivity index (χ1n) is 10.4. The summed E-state index contributed by atoms with van der Waals surface area (Å²) < 4.78 is 14.8. The Morgan fingerprint density at radius 2 is 1.87 bits per heavy atom. The molecule has 1 aromatic heterocycles. The molecule has 0 unspecified atom stereocenters. The van der Waals surface area contributed by atoms with Gasteiger partial charge in [-0.2, -0.15) is 0 Å². The van der Waals surface area contributed by atoms with Gasteiger partial charge in [0.25, 0.3) is 0 Å². The molecule has 0 bridgehead atoms. The van der Waals surface area contributed by atoms with Crippen LogP contribution in [0.2, 0.25) is 0 Å². The van der Waals surface area contributed by atoms with Gasteiger partial charge >= 0.3 is 0 Å². The third kappa shape index (κ3) is 4.33. The van der Waals surface area contributed by atoms with Gasteiger partial charge in [0, 0.05) is 49.5 Å². The van der Waals surface area contributed by atoms with Gasteiger partial charge in [-0.15, -0.1) is 0 Å². The Labute approximate surface area is 181 Å². The first-order valence-corrected chi connectivity index (χ1v) is 10.4. The van der Waals surface area contributed by atoms with E-state index >= 15 is 0 Å². The summed E-state index contributed by atoms with van der Waals surface area (Å²) in [5.74, 6) is 6.32. The van der Waals surface area contributed by atoms with E-state index in [0.717, 1.165) is 31.6 Å². The van der Waals surface area contributed by atoms with Gasteiger partial charge in [-0.3, -0.25) is 0 Å². The van der Waals surface area contributed by atoms with E-state index in [-0.39, 0.29) is 11.9 Å². The molecule has 1 saturated heterocycles. The molecule has 5 N–H and O–H groups in total. The highest BCUT2D eigenvalue weighted by Gasteiger charge is 2.18. The standard InChI is InChI=1S/C22H29FN8/c1-14(2)31(25)21-18(24)6-4-15-13-26-22(28-20(15)21)27-16-5-7-19(17(23)12-16)30-10-8-29(3)9-11-30/h4-7,12-14H,8-11,24-25H2,1-3H3,(H,26,27,28). The molecule has 31 heavy (non-hydrogen) atoms. The van der Waals surface area contributed by atoms with Gasteiger partial charge in [-0.05, 0) is 51.2 Å². The normalized spacial score (nSPS) is 15.0. The number of aromatic nitrogens is 2. The highest BCUT2D eigenvalue weighted by molar-refractivity contribution is 5.97. The van der Waals surface area contributed by atoms with E-state index in [9.17, 15) is 4.39 Å². The monoisotopic (exact) mass is 424 g/mol. The summed E-state index contributed by atoms with van der Waals surface area (Å²) in [5.41, 5.74) is 9.20. The predicted molar refractivity (Wildman–Crippen MR) is 125 cm³/mol. The average molecular weight is 425 g/mol.